The van der Waals surface area contributed by atoms with Crippen molar-refractivity contribution in [3.8, 4) is 22.9 Å². The second-order valence-corrected chi connectivity index (χ2v) is 5.22. The Morgan fingerprint density at radius 1 is 0.958 bits per heavy atom. The van der Waals surface area contributed by atoms with E-state index in [0.717, 1.165) is 16.5 Å². The molecule has 4 aromatic rings. The summed E-state index contributed by atoms with van der Waals surface area (Å²) in [7, 11) is 0. The molecule has 0 amide bonds. The van der Waals surface area contributed by atoms with E-state index in [1.54, 1.807) is 18.3 Å². The smallest absolute Gasteiger partial charge is 0.269 e. The Labute approximate surface area is 136 Å². The molecule has 0 aliphatic rings. The summed E-state index contributed by atoms with van der Waals surface area (Å²) in [5.74, 6) is 0.948. The SMILES string of the molecule is O=[N+]([O-])c1ccc(-c2cnc(-c3ccc4ccccc4n3)o2)cc1. The largest absolute Gasteiger partial charge is 0.435 e. The molecule has 4 rings (SSSR count). The average Bonchev–Trinajstić information content (AvgIpc) is 3.11. The number of nitrogens with zero attached hydrogens (tertiary/aromatic N) is 3. The van der Waals surface area contributed by atoms with Crippen molar-refractivity contribution < 1.29 is 9.34 Å². The van der Waals surface area contributed by atoms with Crippen LogP contribution in [-0.4, -0.2) is 14.9 Å². The minimum absolute atomic E-state index is 0.0367. The summed E-state index contributed by atoms with van der Waals surface area (Å²) in [4.78, 5) is 19.1. The molecule has 0 fully saturated rings. The average molecular weight is 317 g/mol. The van der Waals surface area contributed by atoms with Crippen LogP contribution in [0.5, 0.6) is 0 Å². The van der Waals surface area contributed by atoms with Gasteiger partial charge in [-0.2, -0.15) is 0 Å². The third kappa shape index (κ3) is 2.50. The van der Waals surface area contributed by atoms with E-state index in [1.807, 2.05) is 36.4 Å². The molecule has 116 valence electrons. The number of hydrogen-bond acceptors (Lipinski definition) is 5. The zero-order valence-corrected chi connectivity index (χ0v) is 12.4. The van der Waals surface area contributed by atoms with Crippen LogP contribution in [-0.2, 0) is 0 Å². The van der Waals surface area contributed by atoms with Crippen LogP contribution >= 0.6 is 0 Å². The van der Waals surface area contributed by atoms with Crippen LogP contribution in [0, 0.1) is 10.1 Å². The molecule has 0 atom stereocenters. The maximum absolute atomic E-state index is 10.7. The van der Waals surface area contributed by atoms with E-state index in [2.05, 4.69) is 9.97 Å². The van der Waals surface area contributed by atoms with Gasteiger partial charge in [0.15, 0.2) is 5.76 Å². The molecular weight excluding hydrogens is 306 g/mol. The first kappa shape index (κ1) is 14.1. The van der Waals surface area contributed by atoms with Gasteiger partial charge in [-0.1, -0.05) is 24.3 Å². The number of aromatic nitrogens is 2. The normalized spacial score (nSPS) is 10.8. The van der Waals surface area contributed by atoms with Gasteiger partial charge < -0.3 is 4.42 Å². The number of rotatable bonds is 3. The Morgan fingerprint density at radius 2 is 1.75 bits per heavy atom. The summed E-state index contributed by atoms with van der Waals surface area (Å²) < 4.78 is 5.76. The van der Waals surface area contributed by atoms with Crippen molar-refractivity contribution in [1.29, 1.82) is 0 Å². The third-order valence-electron chi connectivity index (χ3n) is 3.69. The van der Waals surface area contributed by atoms with Crippen molar-refractivity contribution in [3.05, 3.63) is 77.0 Å². The quantitative estimate of drug-likeness (QED) is 0.411. The fourth-order valence-electron chi connectivity index (χ4n) is 2.46. The third-order valence-corrected chi connectivity index (χ3v) is 3.69. The molecule has 0 spiro atoms. The highest BCUT2D eigenvalue weighted by Gasteiger charge is 2.12. The van der Waals surface area contributed by atoms with Gasteiger partial charge in [0.25, 0.3) is 5.69 Å². The number of fused-ring (bicyclic) bond motifs is 1. The number of benzene rings is 2. The Bertz CT molecular complexity index is 1040. The van der Waals surface area contributed by atoms with Crippen molar-refractivity contribution in [2.75, 3.05) is 0 Å². The Kier molecular flexibility index (Phi) is 3.28. The van der Waals surface area contributed by atoms with Crippen LogP contribution in [0.1, 0.15) is 0 Å². The first-order chi connectivity index (χ1) is 11.7. The van der Waals surface area contributed by atoms with E-state index in [4.69, 9.17) is 4.42 Å². The van der Waals surface area contributed by atoms with Gasteiger partial charge in [-0.05, 0) is 24.3 Å². The number of nitro groups is 1. The predicted molar refractivity (Wildman–Crippen MR) is 89.3 cm³/mol. The lowest BCUT2D eigenvalue weighted by molar-refractivity contribution is -0.384. The lowest BCUT2D eigenvalue weighted by Crippen LogP contribution is -1.86. The van der Waals surface area contributed by atoms with Gasteiger partial charge in [0.2, 0.25) is 5.89 Å². The van der Waals surface area contributed by atoms with Gasteiger partial charge in [0.05, 0.1) is 16.6 Å². The number of non-ortho nitro benzene ring substituents is 1. The van der Waals surface area contributed by atoms with Crippen molar-refractivity contribution >= 4 is 16.6 Å². The van der Waals surface area contributed by atoms with E-state index < -0.39 is 4.92 Å². The monoisotopic (exact) mass is 317 g/mol. The Hall–Kier alpha value is -3.54. The molecule has 0 aliphatic heterocycles. The summed E-state index contributed by atoms with van der Waals surface area (Å²) in [5, 5.41) is 11.8. The molecule has 2 aromatic carbocycles. The van der Waals surface area contributed by atoms with Crippen LogP contribution in [0.4, 0.5) is 5.69 Å². The fourth-order valence-corrected chi connectivity index (χ4v) is 2.46. The number of nitro benzene ring substituents is 1. The molecule has 0 unspecified atom stereocenters. The van der Waals surface area contributed by atoms with Crippen molar-refractivity contribution in [3.63, 3.8) is 0 Å². The molecular formula is C18H11N3O3. The highest BCUT2D eigenvalue weighted by atomic mass is 16.6. The van der Waals surface area contributed by atoms with Gasteiger partial charge >= 0.3 is 0 Å². The van der Waals surface area contributed by atoms with Gasteiger partial charge in [0, 0.05) is 23.1 Å². The molecule has 0 radical (unpaired) electrons. The summed E-state index contributed by atoms with van der Waals surface area (Å²) in [5.41, 5.74) is 2.27. The molecule has 24 heavy (non-hydrogen) atoms. The molecule has 2 heterocycles. The van der Waals surface area contributed by atoms with E-state index in [-0.39, 0.29) is 5.69 Å². The summed E-state index contributed by atoms with van der Waals surface area (Å²) >= 11 is 0. The number of hydrogen-bond donors (Lipinski definition) is 0. The minimum Gasteiger partial charge on any atom is -0.435 e. The second-order valence-electron chi connectivity index (χ2n) is 5.22. The zero-order chi connectivity index (χ0) is 16.5. The van der Waals surface area contributed by atoms with Gasteiger partial charge in [-0.25, -0.2) is 9.97 Å². The summed E-state index contributed by atoms with van der Waals surface area (Å²) in [6.07, 6.45) is 1.59. The van der Waals surface area contributed by atoms with Crippen LogP contribution in [0.3, 0.4) is 0 Å². The van der Waals surface area contributed by atoms with E-state index in [9.17, 15) is 10.1 Å². The summed E-state index contributed by atoms with van der Waals surface area (Å²) in [6, 6.07) is 17.8. The standard InChI is InChI=1S/C18H11N3O3/c22-21(23)14-8-5-13(6-9-14)17-11-19-18(24-17)16-10-7-12-3-1-2-4-15(12)20-16/h1-11H. The number of oxazole rings is 1. The van der Waals surface area contributed by atoms with E-state index in [0.29, 0.717) is 17.3 Å². The Morgan fingerprint density at radius 3 is 2.54 bits per heavy atom. The van der Waals surface area contributed by atoms with Crippen LogP contribution in [0.25, 0.3) is 33.8 Å². The van der Waals surface area contributed by atoms with Crippen molar-refractivity contribution in [1.82, 2.24) is 9.97 Å². The zero-order valence-electron chi connectivity index (χ0n) is 12.4. The van der Waals surface area contributed by atoms with E-state index >= 15 is 0 Å². The highest BCUT2D eigenvalue weighted by molar-refractivity contribution is 5.80. The molecule has 0 N–H and O–H groups in total. The van der Waals surface area contributed by atoms with Crippen molar-refractivity contribution in [2.45, 2.75) is 0 Å². The lowest BCUT2D eigenvalue weighted by Gasteiger charge is -1.99. The second kappa shape index (κ2) is 5.58. The summed E-state index contributed by atoms with van der Waals surface area (Å²) in [6.45, 7) is 0. The lowest BCUT2D eigenvalue weighted by atomic mass is 10.2. The topological polar surface area (TPSA) is 82.1 Å². The van der Waals surface area contributed by atoms with Gasteiger partial charge in [-0.3, -0.25) is 10.1 Å². The van der Waals surface area contributed by atoms with Crippen LogP contribution < -0.4 is 0 Å². The molecule has 6 heteroatoms. The first-order valence-corrected chi connectivity index (χ1v) is 7.27. The Balaban J connectivity index is 1.69. The number of pyridine rings is 1. The van der Waals surface area contributed by atoms with E-state index in [1.165, 1.54) is 12.1 Å². The maximum Gasteiger partial charge on any atom is 0.269 e. The first-order valence-electron chi connectivity index (χ1n) is 7.27. The van der Waals surface area contributed by atoms with Crippen LogP contribution in [0.15, 0.2) is 71.3 Å². The fraction of sp³-hybridized carbons (Fsp3) is 0. The van der Waals surface area contributed by atoms with Crippen molar-refractivity contribution in [2.24, 2.45) is 0 Å². The molecule has 0 bridgehead atoms. The number of para-hydroxylation sites is 1. The molecule has 0 aliphatic carbocycles. The molecule has 0 saturated heterocycles. The predicted octanol–water partition coefficient (Wildman–Crippen LogP) is 4.47. The van der Waals surface area contributed by atoms with Gasteiger partial charge in [0.1, 0.15) is 5.69 Å². The molecule has 6 nitrogen and oxygen atoms in total. The molecule has 2 aromatic heterocycles. The van der Waals surface area contributed by atoms with Gasteiger partial charge in [-0.15, -0.1) is 0 Å². The van der Waals surface area contributed by atoms with Crippen LogP contribution in [0.2, 0.25) is 0 Å². The highest BCUT2D eigenvalue weighted by Crippen LogP contribution is 2.27. The minimum atomic E-state index is -0.436. The maximum atomic E-state index is 10.7. The molecule has 0 saturated carbocycles.